The highest BCUT2D eigenvalue weighted by Crippen LogP contribution is 2.29. The Hall–Kier alpha value is -3.93. The van der Waals surface area contributed by atoms with Crippen molar-refractivity contribution < 1.29 is 9.53 Å². The molecule has 0 spiro atoms. The lowest BCUT2D eigenvalue weighted by Crippen LogP contribution is -2.12. The Morgan fingerprint density at radius 2 is 1.63 bits per heavy atom. The molecule has 1 aromatic heterocycles. The molecule has 1 heterocycles. The fourth-order valence-electron chi connectivity index (χ4n) is 2.58. The summed E-state index contributed by atoms with van der Waals surface area (Å²) in [6.07, 6.45) is 3.07. The van der Waals surface area contributed by atoms with Crippen LogP contribution in [-0.4, -0.2) is 20.7 Å². The molecular formula is C21H16N4O2. The Morgan fingerprint density at radius 3 is 2.37 bits per heavy atom. The number of carbonyl (C=O) groups excluding carboxylic acids is 1. The van der Waals surface area contributed by atoms with Crippen LogP contribution in [0.15, 0.2) is 91.5 Å². The van der Waals surface area contributed by atoms with Gasteiger partial charge in [-0.1, -0.05) is 30.3 Å². The third-order valence-corrected chi connectivity index (χ3v) is 3.92. The molecule has 0 unspecified atom stereocenters. The smallest absolute Gasteiger partial charge is 0.255 e. The van der Waals surface area contributed by atoms with Crippen LogP contribution < -0.4 is 10.1 Å². The SMILES string of the molecule is O=C(Nc1ccccc1Oc1ccccc1)c1ccc(-n2cncn2)cc1. The number of nitrogens with one attached hydrogen (secondary N) is 1. The molecule has 3 aromatic carbocycles. The van der Waals surface area contributed by atoms with Gasteiger partial charge in [0.1, 0.15) is 18.4 Å². The maximum Gasteiger partial charge on any atom is 0.255 e. The number of amides is 1. The van der Waals surface area contributed by atoms with Gasteiger partial charge in [0.25, 0.3) is 5.91 Å². The second-order valence-corrected chi connectivity index (χ2v) is 5.75. The summed E-state index contributed by atoms with van der Waals surface area (Å²) in [5.74, 6) is 1.07. The Balaban J connectivity index is 1.51. The van der Waals surface area contributed by atoms with Crippen LogP contribution >= 0.6 is 0 Å². The first-order valence-corrected chi connectivity index (χ1v) is 8.38. The van der Waals surface area contributed by atoms with Crippen LogP contribution in [0.3, 0.4) is 0 Å². The second kappa shape index (κ2) is 7.53. The van der Waals surface area contributed by atoms with Crippen molar-refractivity contribution in [2.24, 2.45) is 0 Å². The number of para-hydroxylation sites is 3. The molecule has 0 aliphatic carbocycles. The fourth-order valence-corrected chi connectivity index (χ4v) is 2.58. The molecule has 27 heavy (non-hydrogen) atoms. The molecule has 6 nitrogen and oxygen atoms in total. The molecule has 1 N–H and O–H groups in total. The highest BCUT2D eigenvalue weighted by molar-refractivity contribution is 6.05. The van der Waals surface area contributed by atoms with E-state index in [1.807, 2.05) is 60.7 Å². The number of nitrogens with zero attached hydrogens (tertiary/aromatic N) is 3. The van der Waals surface area contributed by atoms with Gasteiger partial charge < -0.3 is 10.1 Å². The number of anilines is 1. The molecule has 1 amide bonds. The van der Waals surface area contributed by atoms with Gasteiger partial charge in [0, 0.05) is 5.56 Å². The largest absolute Gasteiger partial charge is 0.455 e. The van der Waals surface area contributed by atoms with E-state index in [2.05, 4.69) is 15.4 Å². The highest BCUT2D eigenvalue weighted by atomic mass is 16.5. The van der Waals surface area contributed by atoms with E-state index < -0.39 is 0 Å². The number of carbonyl (C=O) groups is 1. The Kier molecular flexibility index (Phi) is 4.61. The number of aromatic nitrogens is 3. The van der Waals surface area contributed by atoms with E-state index in [0.29, 0.717) is 22.7 Å². The van der Waals surface area contributed by atoms with Gasteiger partial charge in [-0.3, -0.25) is 4.79 Å². The van der Waals surface area contributed by atoms with E-state index in [9.17, 15) is 4.79 Å². The van der Waals surface area contributed by atoms with Gasteiger partial charge in [0.2, 0.25) is 0 Å². The summed E-state index contributed by atoms with van der Waals surface area (Å²) in [5.41, 5.74) is 1.97. The lowest BCUT2D eigenvalue weighted by molar-refractivity contribution is 0.102. The maximum absolute atomic E-state index is 12.6. The van der Waals surface area contributed by atoms with E-state index in [1.54, 1.807) is 29.2 Å². The Labute approximate surface area is 156 Å². The summed E-state index contributed by atoms with van der Waals surface area (Å²) in [4.78, 5) is 16.5. The van der Waals surface area contributed by atoms with Gasteiger partial charge in [-0.05, 0) is 48.5 Å². The van der Waals surface area contributed by atoms with E-state index in [-0.39, 0.29) is 5.91 Å². The monoisotopic (exact) mass is 356 g/mol. The molecule has 0 bridgehead atoms. The Morgan fingerprint density at radius 1 is 0.889 bits per heavy atom. The van der Waals surface area contributed by atoms with Crippen LogP contribution in [0.25, 0.3) is 5.69 Å². The van der Waals surface area contributed by atoms with Crippen molar-refractivity contribution in [2.45, 2.75) is 0 Å². The molecule has 0 saturated carbocycles. The molecule has 0 fully saturated rings. The second-order valence-electron chi connectivity index (χ2n) is 5.75. The Bertz CT molecular complexity index is 1030. The predicted molar refractivity (Wildman–Crippen MR) is 102 cm³/mol. The summed E-state index contributed by atoms with van der Waals surface area (Å²) >= 11 is 0. The molecular weight excluding hydrogens is 340 g/mol. The van der Waals surface area contributed by atoms with Gasteiger partial charge >= 0.3 is 0 Å². The van der Waals surface area contributed by atoms with Gasteiger partial charge in [-0.15, -0.1) is 0 Å². The maximum atomic E-state index is 12.6. The minimum atomic E-state index is -0.218. The zero-order valence-electron chi connectivity index (χ0n) is 14.3. The van der Waals surface area contributed by atoms with Crippen LogP contribution in [0.1, 0.15) is 10.4 Å². The molecule has 4 aromatic rings. The summed E-state index contributed by atoms with van der Waals surface area (Å²) in [5, 5.41) is 6.97. The topological polar surface area (TPSA) is 69.0 Å². The van der Waals surface area contributed by atoms with Gasteiger partial charge in [0.05, 0.1) is 11.4 Å². The van der Waals surface area contributed by atoms with Crippen molar-refractivity contribution in [3.63, 3.8) is 0 Å². The van der Waals surface area contributed by atoms with E-state index in [1.165, 1.54) is 6.33 Å². The molecule has 0 aliphatic rings. The lowest BCUT2D eigenvalue weighted by atomic mass is 10.2. The minimum absolute atomic E-state index is 0.218. The number of rotatable bonds is 5. The standard InChI is InChI=1S/C21H16N4O2/c26-21(16-10-12-17(13-11-16)25-15-22-14-23-25)24-19-8-4-5-9-20(19)27-18-6-2-1-3-7-18/h1-15H,(H,24,26). The summed E-state index contributed by atoms with van der Waals surface area (Å²) in [6.45, 7) is 0. The van der Waals surface area contributed by atoms with Crippen LogP contribution in [-0.2, 0) is 0 Å². The third kappa shape index (κ3) is 3.85. The number of hydrogen-bond acceptors (Lipinski definition) is 4. The molecule has 4 rings (SSSR count). The first-order valence-electron chi connectivity index (χ1n) is 8.38. The van der Waals surface area contributed by atoms with Crippen molar-refractivity contribution in [1.82, 2.24) is 14.8 Å². The zero-order valence-corrected chi connectivity index (χ0v) is 14.3. The third-order valence-electron chi connectivity index (χ3n) is 3.92. The van der Waals surface area contributed by atoms with Gasteiger partial charge in [-0.25, -0.2) is 9.67 Å². The van der Waals surface area contributed by atoms with Crippen LogP contribution in [0.5, 0.6) is 11.5 Å². The summed E-state index contributed by atoms with van der Waals surface area (Å²) in [6, 6.07) is 23.9. The van der Waals surface area contributed by atoms with E-state index in [4.69, 9.17) is 4.74 Å². The average molecular weight is 356 g/mol. The molecule has 0 radical (unpaired) electrons. The predicted octanol–water partition coefficient (Wildman–Crippen LogP) is 4.31. The van der Waals surface area contributed by atoms with Crippen LogP contribution in [0, 0.1) is 0 Å². The number of benzene rings is 3. The molecule has 0 saturated heterocycles. The summed E-state index contributed by atoms with van der Waals surface area (Å²) in [7, 11) is 0. The normalized spacial score (nSPS) is 10.4. The van der Waals surface area contributed by atoms with Crippen LogP contribution in [0.4, 0.5) is 5.69 Å². The average Bonchev–Trinajstić information content (AvgIpc) is 3.25. The van der Waals surface area contributed by atoms with Gasteiger partial charge in [0.15, 0.2) is 5.75 Å². The van der Waals surface area contributed by atoms with Crippen molar-refractivity contribution in [1.29, 1.82) is 0 Å². The van der Waals surface area contributed by atoms with E-state index >= 15 is 0 Å². The highest BCUT2D eigenvalue weighted by Gasteiger charge is 2.11. The fraction of sp³-hybridized carbons (Fsp3) is 0. The quantitative estimate of drug-likeness (QED) is 0.578. The molecule has 132 valence electrons. The van der Waals surface area contributed by atoms with Gasteiger partial charge in [-0.2, -0.15) is 5.10 Å². The first-order chi connectivity index (χ1) is 13.3. The van der Waals surface area contributed by atoms with Crippen LogP contribution in [0.2, 0.25) is 0 Å². The van der Waals surface area contributed by atoms with Crippen molar-refractivity contribution in [3.05, 3.63) is 97.1 Å². The molecule has 6 heteroatoms. The molecule has 0 aliphatic heterocycles. The number of hydrogen-bond donors (Lipinski definition) is 1. The minimum Gasteiger partial charge on any atom is -0.455 e. The zero-order chi connectivity index (χ0) is 18.5. The van der Waals surface area contributed by atoms with Crippen molar-refractivity contribution >= 4 is 11.6 Å². The van der Waals surface area contributed by atoms with Crippen molar-refractivity contribution in [3.8, 4) is 17.2 Å². The van der Waals surface area contributed by atoms with E-state index in [0.717, 1.165) is 5.69 Å². The molecule has 0 atom stereocenters. The lowest BCUT2D eigenvalue weighted by Gasteiger charge is -2.12. The number of ether oxygens (including phenoxy) is 1. The van der Waals surface area contributed by atoms with Crippen molar-refractivity contribution in [2.75, 3.05) is 5.32 Å². The first kappa shape index (κ1) is 16.5. The summed E-state index contributed by atoms with van der Waals surface area (Å²) < 4.78 is 7.51.